The molecule has 0 saturated heterocycles. The minimum absolute atomic E-state index is 0. The Morgan fingerprint density at radius 3 is 0.375 bits per heavy atom. The first-order valence-electron chi connectivity index (χ1n) is 0. The van der Waals surface area contributed by atoms with Gasteiger partial charge < -0.3 is 36.9 Å². The zero-order valence-electron chi connectivity index (χ0n) is 4.21. The maximum absolute atomic E-state index is 0. The molecule has 0 aromatic heterocycles. The van der Waals surface area contributed by atoms with Gasteiger partial charge in [-0.1, -0.05) is 0 Å². The largest absolute Gasteiger partial charge is 0.693 e. The van der Waals surface area contributed by atoms with Crippen LogP contribution in [0.4, 0.5) is 0 Å². The van der Waals surface area contributed by atoms with Gasteiger partial charge in [0.25, 0.3) is 0 Å². The molecule has 8 heteroatoms. The quantitative estimate of drug-likeness (QED) is 0.523. The van der Waals surface area contributed by atoms with E-state index in [1.54, 1.807) is 0 Å². The van der Waals surface area contributed by atoms with Crippen LogP contribution in [0.25, 0.3) is 36.9 Å². The fourth-order valence-electron chi connectivity index (χ4n) is 0. The fraction of sp³-hybridized carbons (Fsp3) is 0. The van der Waals surface area contributed by atoms with Gasteiger partial charge in [-0.15, -0.1) is 12.4 Å². The average Bonchev–Trinajstić information content (AvgIpc) is 0. The molecule has 0 bridgehead atoms. The monoisotopic (exact) mass is 235 g/mol. The zero-order chi connectivity index (χ0) is 0. The van der Waals surface area contributed by atoms with E-state index in [0.717, 1.165) is 0 Å². The minimum atomic E-state index is 0. The predicted octanol–water partition coefficient (Wildman–Crippen LogP) is 4.72. The summed E-state index contributed by atoms with van der Waals surface area (Å²) < 4.78 is 0. The van der Waals surface area contributed by atoms with Crippen LogP contribution in [0.5, 0.6) is 0 Å². The van der Waals surface area contributed by atoms with Crippen LogP contribution in [-0.2, 0) is 19.5 Å². The van der Waals surface area contributed by atoms with Crippen molar-refractivity contribution in [2.24, 2.45) is 0 Å². The third-order valence-electron chi connectivity index (χ3n) is 0. The van der Waals surface area contributed by atoms with Crippen molar-refractivity contribution >= 4 is 12.4 Å². The molecule has 8 heavy (non-hydrogen) atoms. The minimum Gasteiger partial charge on any atom is -0.693 e. The Morgan fingerprint density at radius 2 is 0.375 bits per heavy atom. The van der Waals surface area contributed by atoms with Crippen molar-refractivity contribution in [3.05, 3.63) is 36.9 Å². The van der Waals surface area contributed by atoms with Crippen LogP contribution in [0.2, 0.25) is 0 Å². The molecule has 0 aromatic rings. The van der Waals surface area contributed by atoms with Crippen LogP contribution in [0.1, 0.15) is 0 Å². The Bertz CT molecular complexity index is 8.49. The van der Waals surface area contributed by atoms with Gasteiger partial charge >= 0.3 is 0 Å². The van der Waals surface area contributed by atoms with Crippen molar-refractivity contribution < 1.29 is 19.5 Å². The molecule has 0 rings (SSSR count). The Kier molecular flexibility index (Phi) is 106000. The summed E-state index contributed by atoms with van der Waals surface area (Å²) in [5.74, 6) is 0. The van der Waals surface area contributed by atoms with Crippen molar-refractivity contribution in [1.29, 1.82) is 0 Å². The summed E-state index contributed by atoms with van der Waals surface area (Å²) in [7, 11) is 0. The van der Waals surface area contributed by atoms with Gasteiger partial charge in [0.15, 0.2) is 0 Å². The maximum atomic E-state index is 0. The zero-order valence-corrected chi connectivity index (χ0v) is 6.66. The molecule has 0 spiro atoms. The maximum Gasteiger partial charge on any atom is 0 e. The van der Waals surface area contributed by atoms with E-state index >= 15 is 0 Å². The third-order valence-corrected chi connectivity index (χ3v) is 0. The second-order valence-electron chi connectivity index (χ2n) is 0. The predicted molar refractivity (Wildman–Crippen MR) is 39.0 cm³/mol. The van der Waals surface area contributed by atoms with Crippen LogP contribution in [-0.4, -0.2) is 0 Å². The van der Waals surface area contributed by atoms with E-state index in [0.29, 0.717) is 0 Å². The SMILES string of the molecule is Cl.[NH2-].[NH2-].[NH2-].[NH2-].[NH2-].[NH2-].[Rh]. The second-order valence-corrected chi connectivity index (χ2v) is 0. The topological polar surface area (TPSA) is 201 Å². The molecule has 0 saturated carbocycles. The molecule has 0 unspecified atom stereocenters. The molecule has 6 nitrogen and oxygen atoms in total. The Labute approximate surface area is 69.2 Å². The van der Waals surface area contributed by atoms with Crippen molar-refractivity contribution in [3.8, 4) is 0 Å². The van der Waals surface area contributed by atoms with Gasteiger partial charge in [-0.25, -0.2) is 0 Å². The number of halogens is 1. The Balaban J connectivity index is 0. The summed E-state index contributed by atoms with van der Waals surface area (Å²) in [5.41, 5.74) is 0. The molecule has 0 aliphatic carbocycles. The van der Waals surface area contributed by atoms with Crippen LogP contribution < -0.4 is 0 Å². The smallest absolute Gasteiger partial charge is 0 e. The number of hydrogen-bond donors (Lipinski definition) is 0. The van der Waals surface area contributed by atoms with Crippen LogP contribution in [0.15, 0.2) is 0 Å². The van der Waals surface area contributed by atoms with E-state index in [1.165, 1.54) is 0 Å². The van der Waals surface area contributed by atoms with Gasteiger partial charge in [-0.3, -0.25) is 0 Å². The molecule has 0 atom stereocenters. The molecule has 0 amide bonds. The molecular weight excluding hydrogens is 222 g/mol. The summed E-state index contributed by atoms with van der Waals surface area (Å²) in [6, 6.07) is 0. The molecule has 0 heterocycles. The summed E-state index contributed by atoms with van der Waals surface area (Å²) in [5, 5.41) is 0. The average molecular weight is 236 g/mol. The van der Waals surface area contributed by atoms with Gasteiger partial charge in [-0.2, -0.15) is 0 Å². The summed E-state index contributed by atoms with van der Waals surface area (Å²) >= 11 is 0. The van der Waals surface area contributed by atoms with E-state index in [9.17, 15) is 0 Å². The molecule has 12 N–H and O–H groups in total. The third kappa shape index (κ3) is 474. The Hall–Kier alpha value is 0.673. The van der Waals surface area contributed by atoms with Crippen molar-refractivity contribution in [2.45, 2.75) is 0 Å². The van der Waals surface area contributed by atoms with Crippen LogP contribution in [0, 0.1) is 0 Å². The summed E-state index contributed by atoms with van der Waals surface area (Å²) in [6.45, 7) is 0. The van der Waals surface area contributed by atoms with E-state index in [-0.39, 0.29) is 68.8 Å². The standard InChI is InChI=1S/ClH.6H2N.Rh/h1H;6*1H2;/q;6*-1;. The first-order valence-corrected chi connectivity index (χ1v) is 0. The second kappa shape index (κ2) is 754. The van der Waals surface area contributed by atoms with Crippen LogP contribution in [0.3, 0.4) is 0 Å². The molecular formula is H13ClN6Rh-6. The molecule has 0 fully saturated rings. The van der Waals surface area contributed by atoms with Gasteiger partial charge in [-0.05, 0) is 0 Å². The van der Waals surface area contributed by atoms with Crippen LogP contribution >= 0.6 is 12.4 Å². The number of hydrogen-bond acceptors (Lipinski definition) is 0. The van der Waals surface area contributed by atoms with Crippen molar-refractivity contribution in [1.82, 2.24) is 0 Å². The first-order chi connectivity index (χ1) is 0. The number of nitrogens with two attached hydrogens (primary N) is 6. The van der Waals surface area contributed by atoms with E-state index in [4.69, 9.17) is 0 Å². The summed E-state index contributed by atoms with van der Waals surface area (Å²) in [4.78, 5) is 0. The normalized spacial score (nSPS) is 0. The first kappa shape index (κ1) is 1130. The Morgan fingerprint density at radius 1 is 0.375 bits per heavy atom. The van der Waals surface area contributed by atoms with Crippen molar-refractivity contribution in [2.75, 3.05) is 0 Å². The molecule has 0 aliphatic rings. The van der Waals surface area contributed by atoms with Gasteiger partial charge in [0.2, 0.25) is 0 Å². The van der Waals surface area contributed by atoms with Gasteiger partial charge in [0.05, 0.1) is 0 Å². The fourth-order valence-corrected chi connectivity index (χ4v) is 0. The molecule has 0 aliphatic heterocycles. The molecule has 65 valence electrons. The van der Waals surface area contributed by atoms with Crippen molar-refractivity contribution in [3.63, 3.8) is 0 Å². The number of rotatable bonds is 0. The van der Waals surface area contributed by atoms with E-state index in [2.05, 4.69) is 0 Å². The molecule has 1 radical (unpaired) electrons. The summed E-state index contributed by atoms with van der Waals surface area (Å²) in [6.07, 6.45) is 0. The van der Waals surface area contributed by atoms with E-state index < -0.39 is 0 Å². The van der Waals surface area contributed by atoms with Gasteiger partial charge in [0.1, 0.15) is 0 Å². The molecule has 0 aromatic carbocycles. The van der Waals surface area contributed by atoms with E-state index in [1.807, 2.05) is 0 Å². The van der Waals surface area contributed by atoms with Gasteiger partial charge in [0, 0.05) is 19.5 Å².